The largest absolute Gasteiger partial charge is 0.346 e. The molecule has 0 radical (unpaired) electrons. The molecule has 2 N–H and O–H groups in total. The number of allylic oxidation sites excluding steroid dienone is 1. The van der Waals surface area contributed by atoms with E-state index < -0.39 is 0 Å². The highest BCUT2D eigenvalue weighted by molar-refractivity contribution is 7.99. The van der Waals surface area contributed by atoms with E-state index in [1.807, 2.05) is 38.1 Å². The van der Waals surface area contributed by atoms with Crippen molar-refractivity contribution in [2.45, 2.75) is 25.5 Å². The van der Waals surface area contributed by atoms with Gasteiger partial charge in [0.15, 0.2) is 5.16 Å². The van der Waals surface area contributed by atoms with Crippen molar-refractivity contribution in [3.05, 3.63) is 76.6 Å². The first kappa shape index (κ1) is 22.3. The van der Waals surface area contributed by atoms with Crippen LogP contribution in [0.3, 0.4) is 0 Å². The van der Waals surface area contributed by atoms with Gasteiger partial charge in [0, 0.05) is 12.2 Å². The number of hydrogen-bond acceptors (Lipinski definition) is 5. The van der Waals surface area contributed by atoms with Crippen LogP contribution in [0.4, 0.5) is 5.69 Å². The van der Waals surface area contributed by atoms with Crippen molar-refractivity contribution < 1.29 is 9.59 Å². The number of para-hydroxylation sites is 1. The van der Waals surface area contributed by atoms with Crippen LogP contribution in [0.1, 0.15) is 11.1 Å². The Morgan fingerprint density at radius 2 is 1.90 bits per heavy atom. The van der Waals surface area contributed by atoms with Crippen LogP contribution in [0, 0.1) is 13.8 Å². The number of benzene rings is 2. The zero-order chi connectivity index (χ0) is 22.4. The Labute approximate surface area is 184 Å². The van der Waals surface area contributed by atoms with Gasteiger partial charge >= 0.3 is 0 Å². The number of amides is 2. The summed E-state index contributed by atoms with van der Waals surface area (Å²) in [5, 5.41) is 6.35. The zero-order valence-corrected chi connectivity index (χ0v) is 18.3. The van der Waals surface area contributed by atoms with Gasteiger partial charge in [-0.15, -0.1) is 6.58 Å². The quantitative estimate of drug-likeness (QED) is 0.322. The highest BCUT2D eigenvalue weighted by atomic mass is 32.2. The number of thioether (sulfide) groups is 1. The van der Waals surface area contributed by atoms with Crippen LogP contribution in [0.5, 0.6) is 0 Å². The Bertz CT molecular complexity index is 1200. The molecule has 0 bridgehead atoms. The minimum atomic E-state index is -0.325. The second-order valence-corrected chi connectivity index (χ2v) is 7.92. The normalized spacial score (nSPS) is 10.6. The van der Waals surface area contributed by atoms with Gasteiger partial charge in [0.05, 0.1) is 23.2 Å². The van der Waals surface area contributed by atoms with Gasteiger partial charge in [-0.1, -0.05) is 42.1 Å². The molecule has 0 saturated carbocycles. The first-order valence-corrected chi connectivity index (χ1v) is 10.7. The van der Waals surface area contributed by atoms with Crippen molar-refractivity contribution in [1.29, 1.82) is 0 Å². The molecule has 0 fully saturated rings. The van der Waals surface area contributed by atoms with Crippen LogP contribution in [0.15, 0.2) is 65.1 Å². The SMILES string of the molecule is C=CCn1c(SCC(=O)NCC(=O)Nc2cccc(C)c2C)nc2ccccc2c1=O. The number of rotatable bonds is 8. The molecule has 1 aromatic heterocycles. The molecular formula is C23H24N4O3S. The first-order valence-electron chi connectivity index (χ1n) is 9.76. The standard InChI is InChI=1S/C23H24N4O3S/c1-4-12-27-22(30)17-9-5-6-10-19(17)26-23(27)31-14-21(29)24-13-20(28)25-18-11-7-8-15(2)16(18)3/h4-11H,1,12-14H2,2-3H3,(H,24,29)(H,25,28). The Balaban J connectivity index is 1.61. The highest BCUT2D eigenvalue weighted by Gasteiger charge is 2.13. The molecule has 0 aliphatic heterocycles. The lowest BCUT2D eigenvalue weighted by atomic mass is 10.1. The summed E-state index contributed by atoms with van der Waals surface area (Å²) in [6, 6.07) is 12.7. The van der Waals surface area contributed by atoms with Gasteiger partial charge in [-0.05, 0) is 43.2 Å². The van der Waals surface area contributed by atoms with Crippen molar-refractivity contribution in [3.63, 3.8) is 0 Å². The summed E-state index contributed by atoms with van der Waals surface area (Å²) in [6.07, 6.45) is 1.61. The van der Waals surface area contributed by atoms with Gasteiger partial charge in [-0.3, -0.25) is 19.0 Å². The summed E-state index contributed by atoms with van der Waals surface area (Å²) in [7, 11) is 0. The maximum Gasteiger partial charge on any atom is 0.262 e. The molecule has 2 aromatic carbocycles. The lowest BCUT2D eigenvalue weighted by molar-refractivity contribution is -0.122. The van der Waals surface area contributed by atoms with E-state index in [1.165, 1.54) is 4.57 Å². The van der Waals surface area contributed by atoms with Crippen LogP contribution in [0.2, 0.25) is 0 Å². The molecule has 0 aliphatic rings. The molecule has 2 amide bonds. The van der Waals surface area contributed by atoms with E-state index in [9.17, 15) is 14.4 Å². The summed E-state index contributed by atoms with van der Waals surface area (Å²) in [4.78, 5) is 41.7. The lowest BCUT2D eigenvalue weighted by Gasteiger charge is -2.12. The third kappa shape index (κ3) is 5.40. The molecule has 8 heteroatoms. The number of carbonyl (C=O) groups is 2. The third-order valence-electron chi connectivity index (χ3n) is 4.80. The minimum Gasteiger partial charge on any atom is -0.346 e. The Hall–Kier alpha value is -3.39. The van der Waals surface area contributed by atoms with Crippen LogP contribution >= 0.6 is 11.8 Å². The van der Waals surface area contributed by atoms with E-state index in [0.29, 0.717) is 22.6 Å². The predicted molar refractivity (Wildman–Crippen MR) is 124 cm³/mol. The van der Waals surface area contributed by atoms with E-state index in [4.69, 9.17) is 0 Å². The van der Waals surface area contributed by atoms with E-state index >= 15 is 0 Å². The molecule has 3 rings (SSSR count). The maximum absolute atomic E-state index is 12.7. The summed E-state index contributed by atoms with van der Waals surface area (Å²) >= 11 is 1.14. The van der Waals surface area contributed by atoms with Gasteiger partial charge in [-0.25, -0.2) is 4.98 Å². The van der Waals surface area contributed by atoms with Gasteiger partial charge in [0.25, 0.3) is 5.56 Å². The number of aryl methyl sites for hydroxylation is 1. The number of nitrogens with zero attached hydrogens (tertiary/aromatic N) is 2. The van der Waals surface area contributed by atoms with Crippen molar-refractivity contribution in [2.75, 3.05) is 17.6 Å². The molecule has 1 heterocycles. The molecule has 0 spiro atoms. The van der Waals surface area contributed by atoms with Gasteiger partial charge in [0.2, 0.25) is 11.8 Å². The van der Waals surface area contributed by atoms with E-state index in [0.717, 1.165) is 28.6 Å². The first-order chi connectivity index (χ1) is 14.9. The van der Waals surface area contributed by atoms with Crippen molar-refractivity contribution in [3.8, 4) is 0 Å². The number of anilines is 1. The number of nitrogens with one attached hydrogen (secondary N) is 2. The number of hydrogen-bond donors (Lipinski definition) is 2. The summed E-state index contributed by atoms with van der Waals surface area (Å²) in [5.41, 5.74) is 3.18. The van der Waals surface area contributed by atoms with Crippen LogP contribution in [0.25, 0.3) is 10.9 Å². The number of carbonyl (C=O) groups excluding carboxylic acids is 2. The lowest BCUT2D eigenvalue weighted by Crippen LogP contribution is -2.34. The summed E-state index contributed by atoms with van der Waals surface area (Å²) < 4.78 is 1.49. The average molecular weight is 437 g/mol. The fourth-order valence-corrected chi connectivity index (χ4v) is 3.83. The van der Waals surface area contributed by atoms with Gasteiger partial charge in [-0.2, -0.15) is 0 Å². The molecule has 7 nitrogen and oxygen atoms in total. The molecule has 0 atom stereocenters. The molecule has 0 aliphatic carbocycles. The van der Waals surface area contributed by atoms with E-state index in [1.54, 1.807) is 24.3 Å². The molecule has 3 aromatic rings. The van der Waals surface area contributed by atoms with Crippen molar-refractivity contribution in [1.82, 2.24) is 14.9 Å². The highest BCUT2D eigenvalue weighted by Crippen LogP contribution is 2.18. The topological polar surface area (TPSA) is 93.1 Å². The number of aromatic nitrogens is 2. The monoisotopic (exact) mass is 436 g/mol. The maximum atomic E-state index is 12.7. The van der Waals surface area contributed by atoms with Crippen molar-refractivity contribution >= 4 is 40.2 Å². The molecular weight excluding hydrogens is 412 g/mol. The molecule has 160 valence electrons. The second-order valence-electron chi connectivity index (χ2n) is 6.98. The predicted octanol–water partition coefficient (Wildman–Crippen LogP) is 3.05. The van der Waals surface area contributed by atoms with E-state index in [-0.39, 0.29) is 29.7 Å². The fraction of sp³-hybridized carbons (Fsp3) is 0.217. The van der Waals surface area contributed by atoms with Crippen molar-refractivity contribution in [2.24, 2.45) is 0 Å². The molecule has 0 unspecified atom stereocenters. The fourth-order valence-electron chi connectivity index (χ4n) is 2.99. The zero-order valence-electron chi connectivity index (χ0n) is 17.5. The average Bonchev–Trinajstić information content (AvgIpc) is 2.76. The van der Waals surface area contributed by atoms with Gasteiger partial charge < -0.3 is 10.6 Å². The van der Waals surface area contributed by atoms with Crippen LogP contribution in [-0.2, 0) is 16.1 Å². The Morgan fingerprint density at radius 1 is 1.13 bits per heavy atom. The summed E-state index contributed by atoms with van der Waals surface area (Å²) in [6.45, 7) is 7.74. The molecule has 0 saturated heterocycles. The van der Waals surface area contributed by atoms with Crippen LogP contribution < -0.4 is 16.2 Å². The third-order valence-corrected chi connectivity index (χ3v) is 5.77. The minimum absolute atomic E-state index is 0.0265. The molecule has 31 heavy (non-hydrogen) atoms. The summed E-state index contributed by atoms with van der Waals surface area (Å²) in [5.74, 6) is -0.605. The second kappa shape index (κ2) is 10.1. The van der Waals surface area contributed by atoms with E-state index in [2.05, 4.69) is 22.2 Å². The van der Waals surface area contributed by atoms with Crippen LogP contribution in [-0.4, -0.2) is 33.7 Å². The number of fused-ring (bicyclic) bond motifs is 1. The Morgan fingerprint density at radius 3 is 2.68 bits per heavy atom. The Kier molecular flexibility index (Phi) is 7.25. The van der Waals surface area contributed by atoms with Gasteiger partial charge in [0.1, 0.15) is 0 Å². The smallest absolute Gasteiger partial charge is 0.262 e.